The number of rotatable bonds is 0. The smallest absolute Gasteiger partial charge is 0.250 e. The predicted octanol–water partition coefficient (Wildman–Crippen LogP) is -0.340. The summed E-state index contributed by atoms with van der Waals surface area (Å²) >= 11 is 0. The Hall–Kier alpha value is -0.610. The van der Waals surface area contributed by atoms with Crippen molar-refractivity contribution in [2.45, 2.75) is 13.8 Å². The Morgan fingerprint density at radius 2 is 1.91 bits per heavy atom. The summed E-state index contributed by atoms with van der Waals surface area (Å²) in [5.74, 6) is 5.30. The molecule has 1 fully saturated rings. The average Bonchev–Trinajstić information content (AvgIpc) is 2.02. The van der Waals surface area contributed by atoms with Gasteiger partial charge in [-0.15, -0.1) is 0 Å². The molecule has 0 bridgehead atoms. The number of carbonyl (C=O) groups excluding carboxylic acids is 1. The second kappa shape index (κ2) is 5.09. The Morgan fingerprint density at radius 3 is 2.27 bits per heavy atom. The van der Waals surface area contributed by atoms with Crippen LogP contribution in [0.2, 0.25) is 0 Å². The van der Waals surface area contributed by atoms with Crippen molar-refractivity contribution < 1.29 is 4.79 Å². The fraction of sp³-hybridized carbons (Fsp3) is 0.857. The van der Waals surface area contributed by atoms with Gasteiger partial charge in [-0.2, -0.15) is 0 Å². The minimum atomic E-state index is 0.00347. The van der Waals surface area contributed by atoms with Crippen LogP contribution in [0.25, 0.3) is 0 Å². The maximum atomic E-state index is 10.8. The van der Waals surface area contributed by atoms with E-state index in [-0.39, 0.29) is 5.91 Å². The van der Waals surface area contributed by atoms with Gasteiger partial charge in [-0.25, -0.2) is 5.84 Å². The number of hydrogen-bond acceptors (Lipinski definition) is 3. The van der Waals surface area contributed by atoms with Gasteiger partial charge in [0.25, 0.3) is 5.91 Å². The van der Waals surface area contributed by atoms with Crippen LogP contribution >= 0.6 is 0 Å². The molecular formula is C7H17N3O. The molecule has 0 atom stereocenters. The van der Waals surface area contributed by atoms with Crippen LogP contribution in [-0.2, 0) is 4.79 Å². The molecule has 0 aromatic rings. The van der Waals surface area contributed by atoms with E-state index in [0.717, 1.165) is 6.54 Å². The summed E-state index contributed by atoms with van der Waals surface area (Å²) in [6.07, 6.45) is 0. The number of hydrogen-bond donors (Lipinski definition) is 1. The summed E-state index contributed by atoms with van der Waals surface area (Å²) in [4.78, 5) is 12.7. The van der Waals surface area contributed by atoms with Gasteiger partial charge in [0.15, 0.2) is 0 Å². The van der Waals surface area contributed by atoms with E-state index in [1.54, 1.807) is 0 Å². The second-order valence-electron chi connectivity index (χ2n) is 2.32. The van der Waals surface area contributed by atoms with Crippen LogP contribution in [0.5, 0.6) is 0 Å². The van der Waals surface area contributed by atoms with Gasteiger partial charge >= 0.3 is 0 Å². The number of amides is 1. The highest BCUT2D eigenvalue weighted by atomic mass is 16.2. The number of hydrazine groups is 1. The molecule has 1 aliphatic rings. The summed E-state index contributed by atoms with van der Waals surface area (Å²) in [7, 11) is 1.91. The first-order valence-electron chi connectivity index (χ1n) is 3.94. The van der Waals surface area contributed by atoms with Crippen molar-refractivity contribution in [2.24, 2.45) is 5.84 Å². The van der Waals surface area contributed by atoms with Crippen molar-refractivity contribution in [3.8, 4) is 0 Å². The third-order valence-corrected chi connectivity index (χ3v) is 1.45. The fourth-order valence-electron chi connectivity index (χ4n) is 0.804. The van der Waals surface area contributed by atoms with Crippen LogP contribution in [0.4, 0.5) is 0 Å². The van der Waals surface area contributed by atoms with Gasteiger partial charge in [0.1, 0.15) is 0 Å². The zero-order valence-corrected chi connectivity index (χ0v) is 7.50. The number of carbonyl (C=O) groups is 1. The molecule has 0 radical (unpaired) electrons. The molecule has 66 valence electrons. The molecule has 0 unspecified atom stereocenters. The fourth-order valence-corrected chi connectivity index (χ4v) is 0.804. The molecule has 4 heteroatoms. The lowest BCUT2D eigenvalue weighted by Crippen LogP contribution is -2.51. The standard InChI is InChI=1S/C5H11N3O.C2H6/c1-7-2-3-8(6)5(9)4-7;1-2/h2-4,6H2,1H3;1-2H3. The molecule has 1 rings (SSSR count). The molecule has 4 nitrogen and oxygen atoms in total. The minimum Gasteiger partial charge on any atom is -0.296 e. The van der Waals surface area contributed by atoms with Crippen molar-refractivity contribution in [1.82, 2.24) is 9.91 Å². The van der Waals surface area contributed by atoms with E-state index in [9.17, 15) is 4.79 Å². The van der Waals surface area contributed by atoms with E-state index in [2.05, 4.69) is 0 Å². The lowest BCUT2D eigenvalue weighted by atomic mass is 10.4. The Bertz CT molecular complexity index is 127. The minimum absolute atomic E-state index is 0.00347. The number of piperazine rings is 1. The van der Waals surface area contributed by atoms with Crippen molar-refractivity contribution in [2.75, 3.05) is 26.7 Å². The molecule has 0 aliphatic carbocycles. The van der Waals surface area contributed by atoms with Crippen LogP contribution in [0.15, 0.2) is 0 Å². The summed E-state index contributed by atoms with van der Waals surface area (Å²) in [5.41, 5.74) is 0. The first-order chi connectivity index (χ1) is 5.20. The van der Waals surface area contributed by atoms with Crippen LogP contribution in [0.1, 0.15) is 13.8 Å². The lowest BCUT2D eigenvalue weighted by molar-refractivity contribution is -0.135. The first kappa shape index (κ1) is 10.4. The van der Waals surface area contributed by atoms with Crippen molar-refractivity contribution >= 4 is 5.91 Å². The van der Waals surface area contributed by atoms with Crippen LogP contribution in [0, 0.1) is 0 Å². The van der Waals surface area contributed by atoms with Crippen molar-refractivity contribution in [1.29, 1.82) is 0 Å². The SMILES string of the molecule is CC.CN1CCN(N)C(=O)C1. The van der Waals surface area contributed by atoms with Gasteiger partial charge in [-0.3, -0.25) is 14.7 Å². The van der Waals surface area contributed by atoms with Crippen molar-refractivity contribution in [3.63, 3.8) is 0 Å². The average molecular weight is 159 g/mol. The van der Waals surface area contributed by atoms with Gasteiger partial charge in [-0.1, -0.05) is 13.8 Å². The molecule has 0 aromatic carbocycles. The van der Waals surface area contributed by atoms with Crippen LogP contribution in [0.3, 0.4) is 0 Å². The topological polar surface area (TPSA) is 49.6 Å². The quantitative estimate of drug-likeness (QED) is 0.388. The molecule has 1 saturated heterocycles. The number of nitrogens with two attached hydrogens (primary N) is 1. The predicted molar refractivity (Wildman–Crippen MR) is 44.7 cm³/mol. The molecule has 1 heterocycles. The highest BCUT2D eigenvalue weighted by Gasteiger charge is 2.17. The summed E-state index contributed by atoms with van der Waals surface area (Å²) in [6.45, 7) is 5.98. The third kappa shape index (κ3) is 3.34. The normalized spacial score (nSPS) is 19.3. The Labute approximate surface area is 67.9 Å². The van der Waals surface area contributed by atoms with E-state index in [0.29, 0.717) is 13.1 Å². The lowest BCUT2D eigenvalue weighted by Gasteiger charge is -2.28. The molecule has 1 amide bonds. The summed E-state index contributed by atoms with van der Waals surface area (Å²) in [6, 6.07) is 0. The zero-order valence-electron chi connectivity index (χ0n) is 7.50. The Balaban J connectivity index is 0.000000461. The van der Waals surface area contributed by atoms with E-state index < -0.39 is 0 Å². The molecule has 11 heavy (non-hydrogen) atoms. The van der Waals surface area contributed by atoms with Gasteiger partial charge in [0.05, 0.1) is 6.54 Å². The molecule has 2 N–H and O–H groups in total. The molecule has 1 aliphatic heterocycles. The largest absolute Gasteiger partial charge is 0.296 e. The maximum absolute atomic E-state index is 10.8. The number of nitrogens with zero attached hydrogens (tertiary/aromatic N) is 2. The monoisotopic (exact) mass is 159 g/mol. The third-order valence-electron chi connectivity index (χ3n) is 1.45. The maximum Gasteiger partial charge on any atom is 0.250 e. The second-order valence-corrected chi connectivity index (χ2v) is 2.32. The summed E-state index contributed by atoms with van der Waals surface area (Å²) in [5, 5.41) is 1.26. The first-order valence-corrected chi connectivity index (χ1v) is 3.94. The Kier molecular flexibility index (Phi) is 4.81. The van der Waals surface area contributed by atoms with Crippen molar-refractivity contribution in [3.05, 3.63) is 0 Å². The van der Waals surface area contributed by atoms with Crippen LogP contribution in [-0.4, -0.2) is 42.5 Å². The van der Waals surface area contributed by atoms with Gasteiger partial charge in [0, 0.05) is 13.1 Å². The van der Waals surface area contributed by atoms with E-state index in [4.69, 9.17) is 5.84 Å². The molecule has 0 saturated carbocycles. The number of likely N-dealkylation sites (N-methyl/N-ethyl adjacent to an activating group) is 1. The van der Waals surface area contributed by atoms with Crippen LogP contribution < -0.4 is 5.84 Å². The van der Waals surface area contributed by atoms with E-state index in [1.165, 1.54) is 5.01 Å². The van der Waals surface area contributed by atoms with Gasteiger partial charge < -0.3 is 0 Å². The highest BCUT2D eigenvalue weighted by Crippen LogP contribution is 1.93. The Morgan fingerprint density at radius 1 is 1.36 bits per heavy atom. The highest BCUT2D eigenvalue weighted by molar-refractivity contribution is 5.78. The van der Waals surface area contributed by atoms with E-state index in [1.807, 2.05) is 25.8 Å². The van der Waals surface area contributed by atoms with Gasteiger partial charge in [0.2, 0.25) is 0 Å². The summed E-state index contributed by atoms with van der Waals surface area (Å²) < 4.78 is 0. The molecule has 0 aromatic heterocycles. The molecular weight excluding hydrogens is 142 g/mol. The molecule has 0 spiro atoms. The van der Waals surface area contributed by atoms with E-state index >= 15 is 0 Å². The zero-order chi connectivity index (χ0) is 8.85. The van der Waals surface area contributed by atoms with Gasteiger partial charge in [-0.05, 0) is 7.05 Å².